The standard InChI is InChI=1S/C15H13N3O6S2/c1-22-12-3-2-10(26(16,20)21)6-11(12)15(19)23-7-13-17-14(24-18-13)9-4-5-25-8-9/h2-6,8H,7H2,1H3,(H2,16,20,21). The first-order chi connectivity index (χ1) is 12.4. The molecular formula is C15H13N3O6S2. The van der Waals surface area contributed by atoms with E-state index in [1.807, 2.05) is 16.8 Å². The summed E-state index contributed by atoms with van der Waals surface area (Å²) in [5.74, 6) is -0.184. The van der Waals surface area contributed by atoms with Gasteiger partial charge in [0.1, 0.15) is 11.3 Å². The first kappa shape index (κ1) is 18.0. The molecule has 3 rings (SSSR count). The topological polar surface area (TPSA) is 135 Å². The summed E-state index contributed by atoms with van der Waals surface area (Å²) in [6.45, 7) is -0.255. The molecule has 0 aliphatic heterocycles. The number of rotatable bonds is 6. The van der Waals surface area contributed by atoms with E-state index in [0.717, 1.165) is 11.6 Å². The van der Waals surface area contributed by atoms with Crippen molar-refractivity contribution in [1.82, 2.24) is 10.1 Å². The van der Waals surface area contributed by atoms with Crippen LogP contribution in [0.4, 0.5) is 0 Å². The van der Waals surface area contributed by atoms with Crippen LogP contribution in [0.5, 0.6) is 5.75 Å². The van der Waals surface area contributed by atoms with Crippen molar-refractivity contribution in [2.24, 2.45) is 5.14 Å². The third-order valence-electron chi connectivity index (χ3n) is 3.29. The van der Waals surface area contributed by atoms with Crippen LogP contribution in [0.1, 0.15) is 16.2 Å². The van der Waals surface area contributed by atoms with E-state index in [4.69, 9.17) is 19.1 Å². The van der Waals surface area contributed by atoms with E-state index in [2.05, 4.69) is 10.1 Å². The number of primary sulfonamides is 1. The second-order valence-corrected chi connectivity index (χ2v) is 7.35. The SMILES string of the molecule is COc1ccc(S(N)(=O)=O)cc1C(=O)OCc1noc(-c2ccsc2)n1. The number of carbonyl (C=O) groups excluding carboxylic acids is 1. The molecule has 0 spiro atoms. The number of sulfonamides is 1. The zero-order chi connectivity index (χ0) is 18.7. The number of aromatic nitrogens is 2. The molecular weight excluding hydrogens is 382 g/mol. The number of hydrogen-bond acceptors (Lipinski definition) is 9. The highest BCUT2D eigenvalue weighted by Crippen LogP contribution is 2.24. The lowest BCUT2D eigenvalue weighted by Crippen LogP contribution is -2.14. The van der Waals surface area contributed by atoms with Crippen LogP contribution in [0, 0.1) is 0 Å². The molecule has 0 fully saturated rings. The fraction of sp³-hybridized carbons (Fsp3) is 0.133. The molecule has 2 N–H and O–H groups in total. The van der Waals surface area contributed by atoms with Crippen LogP contribution in [0.2, 0.25) is 0 Å². The molecule has 26 heavy (non-hydrogen) atoms. The normalized spacial score (nSPS) is 11.3. The van der Waals surface area contributed by atoms with Gasteiger partial charge >= 0.3 is 5.97 Å². The van der Waals surface area contributed by atoms with Gasteiger partial charge in [-0.25, -0.2) is 18.4 Å². The second kappa shape index (κ2) is 7.23. The predicted octanol–water partition coefficient (Wildman–Crippen LogP) is 1.81. The summed E-state index contributed by atoms with van der Waals surface area (Å²) in [5, 5.41) is 12.5. The van der Waals surface area contributed by atoms with Gasteiger partial charge in [0.2, 0.25) is 15.8 Å². The van der Waals surface area contributed by atoms with Crippen LogP contribution in [0.25, 0.3) is 11.5 Å². The molecule has 0 atom stereocenters. The Bertz CT molecular complexity index is 1030. The third-order valence-corrected chi connectivity index (χ3v) is 4.88. The molecule has 0 saturated heterocycles. The van der Waals surface area contributed by atoms with Crippen molar-refractivity contribution >= 4 is 27.3 Å². The molecule has 0 saturated carbocycles. The summed E-state index contributed by atoms with van der Waals surface area (Å²) in [4.78, 5) is 16.2. The minimum atomic E-state index is -3.97. The highest BCUT2D eigenvalue weighted by atomic mass is 32.2. The minimum Gasteiger partial charge on any atom is -0.496 e. The van der Waals surface area contributed by atoms with Crippen LogP contribution in [-0.2, 0) is 21.4 Å². The molecule has 2 heterocycles. The van der Waals surface area contributed by atoms with Gasteiger partial charge in [-0.3, -0.25) is 0 Å². The molecule has 11 heteroatoms. The van der Waals surface area contributed by atoms with Crippen LogP contribution >= 0.6 is 11.3 Å². The number of methoxy groups -OCH3 is 1. The summed E-state index contributed by atoms with van der Waals surface area (Å²) in [6, 6.07) is 5.46. The van der Waals surface area contributed by atoms with E-state index in [1.165, 1.54) is 30.6 Å². The first-order valence-electron chi connectivity index (χ1n) is 7.11. The Balaban J connectivity index is 1.76. The van der Waals surface area contributed by atoms with Crippen LogP contribution in [-0.4, -0.2) is 31.6 Å². The van der Waals surface area contributed by atoms with Crippen LogP contribution < -0.4 is 9.88 Å². The first-order valence-corrected chi connectivity index (χ1v) is 9.60. The molecule has 9 nitrogen and oxygen atoms in total. The molecule has 2 aromatic heterocycles. The molecule has 0 unspecified atom stereocenters. The number of ether oxygens (including phenoxy) is 2. The Labute approximate surface area is 152 Å². The molecule has 0 amide bonds. The van der Waals surface area contributed by atoms with Gasteiger partial charge in [0.05, 0.1) is 17.6 Å². The summed E-state index contributed by atoms with van der Waals surface area (Å²) >= 11 is 1.48. The maximum absolute atomic E-state index is 12.3. The van der Waals surface area contributed by atoms with Gasteiger partial charge in [-0.1, -0.05) is 5.16 Å². The zero-order valence-corrected chi connectivity index (χ0v) is 15.0. The van der Waals surface area contributed by atoms with Crippen molar-refractivity contribution in [3.63, 3.8) is 0 Å². The van der Waals surface area contributed by atoms with Gasteiger partial charge in [-0.2, -0.15) is 16.3 Å². The van der Waals surface area contributed by atoms with Gasteiger partial charge in [-0.15, -0.1) is 0 Å². The lowest BCUT2D eigenvalue weighted by molar-refractivity contribution is 0.0455. The Morgan fingerprint density at radius 2 is 2.15 bits per heavy atom. The number of esters is 1. The van der Waals surface area contributed by atoms with Gasteiger partial charge in [0, 0.05) is 5.38 Å². The number of carbonyl (C=O) groups is 1. The summed E-state index contributed by atoms with van der Waals surface area (Å²) in [5.41, 5.74) is 0.683. The fourth-order valence-electron chi connectivity index (χ4n) is 2.05. The lowest BCUT2D eigenvalue weighted by atomic mass is 10.2. The van der Waals surface area contributed by atoms with Crippen molar-refractivity contribution in [2.75, 3.05) is 7.11 Å². The van der Waals surface area contributed by atoms with E-state index in [-0.39, 0.29) is 28.6 Å². The molecule has 1 aromatic carbocycles. The summed E-state index contributed by atoms with van der Waals surface area (Å²) < 4.78 is 38.2. The zero-order valence-electron chi connectivity index (χ0n) is 13.4. The predicted molar refractivity (Wildman–Crippen MR) is 91.1 cm³/mol. The fourth-order valence-corrected chi connectivity index (χ4v) is 3.22. The van der Waals surface area contributed by atoms with E-state index in [1.54, 1.807) is 0 Å². The van der Waals surface area contributed by atoms with E-state index in [9.17, 15) is 13.2 Å². The highest BCUT2D eigenvalue weighted by Gasteiger charge is 2.19. The quantitative estimate of drug-likeness (QED) is 0.624. The average Bonchev–Trinajstić information content (AvgIpc) is 3.29. The van der Waals surface area contributed by atoms with Gasteiger partial charge in [0.25, 0.3) is 5.89 Å². The number of nitrogens with zero attached hydrogens (tertiary/aromatic N) is 2. The van der Waals surface area contributed by atoms with Crippen molar-refractivity contribution in [3.8, 4) is 17.2 Å². The highest BCUT2D eigenvalue weighted by molar-refractivity contribution is 7.89. The molecule has 3 aromatic rings. The van der Waals surface area contributed by atoms with Crippen molar-refractivity contribution < 1.29 is 27.2 Å². The summed E-state index contributed by atoms with van der Waals surface area (Å²) in [7, 11) is -2.63. The number of thiophene rings is 1. The maximum Gasteiger partial charge on any atom is 0.342 e. The molecule has 0 bridgehead atoms. The van der Waals surface area contributed by atoms with Crippen LogP contribution in [0.15, 0.2) is 44.4 Å². The van der Waals surface area contributed by atoms with Gasteiger partial charge < -0.3 is 14.0 Å². The smallest absolute Gasteiger partial charge is 0.342 e. The average molecular weight is 395 g/mol. The second-order valence-electron chi connectivity index (χ2n) is 5.01. The Morgan fingerprint density at radius 1 is 1.35 bits per heavy atom. The Morgan fingerprint density at radius 3 is 2.81 bits per heavy atom. The largest absolute Gasteiger partial charge is 0.496 e. The van der Waals surface area contributed by atoms with Gasteiger partial charge in [0.15, 0.2) is 6.61 Å². The van der Waals surface area contributed by atoms with Crippen molar-refractivity contribution in [1.29, 1.82) is 0 Å². The van der Waals surface area contributed by atoms with Gasteiger partial charge in [-0.05, 0) is 29.6 Å². The third kappa shape index (κ3) is 3.90. The molecule has 0 aliphatic carbocycles. The summed E-state index contributed by atoms with van der Waals surface area (Å²) in [6.07, 6.45) is 0. The number of nitrogens with two attached hydrogens (primary N) is 1. The number of benzene rings is 1. The Hall–Kier alpha value is -2.76. The van der Waals surface area contributed by atoms with Crippen LogP contribution in [0.3, 0.4) is 0 Å². The van der Waals surface area contributed by atoms with E-state index < -0.39 is 16.0 Å². The lowest BCUT2D eigenvalue weighted by Gasteiger charge is -2.09. The maximum atomic E-state index is 12.3. The minimum absolute atomic E-state index is 0.0828. The van der Waals surface area contributed by atoms with E-state index >= 15 is 0 Å². The Kier molecular flexibility index (Phi) is 5.02. The van der Waals surface area contributed by atoms with Crippen molar-refractivity contribution in [3.05, 3.63) is 46.4 Å². The molecule has 0 aliphatic rings. The molecule has 0 radical (unpaired) electrons. The number of hydrogen-bond donors (Lipinski definition) is 1. The monoisotopic (exact) mass is 395 g/mol. The van der Waals surface area contributed by atoms with E-state index in [0.29, 0.717) is 5.89 Å². The molecule has 136 valence electrons. The van der Waals surface area contributed by atoms with Crippen molar-refractivity contribution in [2.45, 2.75) is 11.5 Å².